The first-order valence-electron chi connectivity index (χ1n) is 11.5. The van der Waals surface area contributed by atoms with Crippen molar-refractivity contribution in [2.75, 3.05) is 11.9 Å². The molecule has 0 atom stereocenters. The average molecular weight is 405 g/mol. The largest absolute Gasteiger partial charge is 0.477 e. The first kappa shape index (κ1) is 20.6. The maximum atomic E-state index is 13.3. The molecule has 4 heteroatoms. The topological polar surface area (TPSA) is 51.2 Å². The van der Waals surface area contributed by atoms with E-state index in [0.29, 0.717) is 12.5 Å². The van der Waals surface area contributed by atoms with Gasteiger partial charge < -0.3 is 10.1 Å². The van der Waals surface area contributed by atoms with Crippen LogP contribution in [0.4, 0.5) is 5.69 Å². The SMILES string of the molecule is O=C(Nc1cnc2c(c1C1=C/C=C\C=C/C=C\1)CCO2)C1CCCCCCCCC1. The second-order valence-corrected chi connectivity index (χ2v) is 8.42. The minimum Gasteiger partial charge on any atom is -0.477 e. The predicted octanol–water partition coefficient (Wildman–Crippen LogP) is 6.16. The van der Waals surface area contributed by atoms with Crippen LogP contribution in [0, 0.1) is 5.92 Å². The lowest BCUT2D eigenvalue weighted by atomic mass is 9.91. The van der Waals surface area contributed by atoms with Crippen LogP contribution < -0.4 is 10.1 Å². The zero-order valence-corrected chi connectivity index (χ0v) is 17.7. The molecule has 158 valence electrons. The molecule has 1 amide bonds. The molecule has 2 aliphatic carbocycles. The lowest BCUT2D eigenvalue weighted by Crippen LogP contribution is -2.24. The molecule has 2 heterocycles. The molecule has 1 aromatic rings. The van der Waals surface area contributed by atoms with Gasteiger partial charge in [-0.2, -0.15) is 0 Å². The first-order valence-corrected chi connectivity index (χ1v) is 11.5. The maximum Gasteiger partial charge on any atom is 0.227 e. The quantitative estimate of drug-likeness (QED) is 0.656. The zero-order chi connectivity index (χ0) is 20.6. The van der Waals surface area contributed by atoms with E-state index in [9.17, 15) is 4.79 Å². The predicted molar refractivity (Wildman–Crippen MR) is 123 cm³/mol. The van der Waals surface area contributed by atoms with Gasteiger partial charge in [0, 0.05) is 23.5 Å². The van der Waals surface area contributed by atoms with Gasteiger partial charge in [0.05, 0.1) is 18.5 Å². The number of pyridine rings is 1. The Morgan fingerprint density at radius 2 is 1.63 bits per heavy atom. The standard InChI is InChI=1S/C26H32N2O2/c29-25(21-15-11-5-2-1-3-6-12-16-21)28-23-19-27-26-22(17-18-30-26)24(23)20-13-9-7-4-8-10-14-20/h4,7-10,13-14,19,21H,1-3,5-6,11-12,15-18H2,(H,28,29)/b7-4-,8-4?,9-7?,10-8-,13-9-,14-10?,20-13?,20-14+. The summed E-state index contributed by atoms with van der Waals surface area (Å²) in [7, 11) is 0. The molecule has 1 aliphatic heterocycles. The molecule has 0 unspecified atom stereocenters. The summed E-state index contributed by atoms with van der Waals surface area (Å²) in [6.07, 6.45) is 27.5. The van der Waals surface area contributed by atoms with Gasteiger partial charge in [0.15, 0.2) is 0 Å². The Morgan fingerprint density at radius 3 is 2.43 bits per heavy atom. The van der Waals surface area contributed by atoms with Gasteiger partial charge in [-0.05, 0) is 18.4 Å². The van der Waals surface area contributed by atoms with E-state index in [1.165, 1.54) is 32.1 Å². The van der Waals surface area contributed by atoms with Gasteiger partial charge >= 0.3 is 0 Å². The van der Waals surface area contributed by atoms with Crippen LogP contribution in [0.15, 0.2) is 48.7 Å². The van der Waals surface area contributed by atoms with Gasteiger partial charge in [-0.15, -0.1) is 0 Å². The van der Waals surface area contributed by atoms with Crippen molar-refractivity contribution in [2.45, 2.75) is 64.2 Å². The summed E-state index contributed by atoms with van der Waals surface area (Å²) < 4.78 is 5.71. The molecular weight excluding hydrogens is 372 g/mol. The molecule has 30 heavy (non-hydrogen) atoms. The van der Waals surface area contributed by atoms with Gasteiger partial charge in [-0.1, -0.05) is 87.5 Å². The summed E-state index contributed by atoms with van der Waals surface area (Å²) in [6.45, 7) is 0.641. The van der Waals surface area contributed by atoms with Crippen molar-refractivity contribution in [1.82, 2.24) is 4.98 Å². The fourth-order valence-electron chi connectivity index (χ4n) is 4.61. The molecule has 3 aliphatic rings. The van der Waals surface area contributed by atoms with Crippen LogP contribution in [0.2, 0.25) is 0 Å². The number of amides is 1. The molecule has 1 N–H and O–H groups in total. The Labute approximate surface area is 179 Å². The number of nitrogens with one attached hydrogen (secondary N) is 1. The number of nitrogens with zero attached hydrogens (tertiary/aromatic N) is 1. The third kappa shape index (κ3) is 5.10. The number of hydrogen-bond acceptors (Lipinski definition) is 3. The highest BCUT2D eigenvalue weighted by molar-refractivity contribution is 5.97. The van der Waals surface area contributed by atoms with Gasteiger partial charge in [0.1, 0.15) is 0 Å². The third-order valence-corrected chi connectivity index (χ3v) is 6.25. The number of carbonyl (C=O) groups is 1. The van der Waals surface area contributed by atoms with Crippen LogP contribution in [-0.4, -0.2) is 17.5 Å². The van der Waals surface area contributed by atoms with E-state index < -0.39 is 0 Å². The Hall–Kier alpha value is -2.62. The molecular formula is C26H32N2O2. The average Bonchev–Trinajstić information content (AvgIpc) is 3.21. The first-order chi connectivity index (χ1) is 14.8. The molecule has 0 aromatic carbocycles. The van der Waals surface area contributed by atoms with Gasteiger partial charge in [0.25, 0.3) is 0 Å². The highest BCUT2D eigenvalue weighted by atomic mass is 16.5. The van der Waals surface area contributed by atoms with E-state index >= 15 is 0 Å². The Balaban J connectivity index is 1.59. The number of anilines is 1. The van der Waals surface area contributed by atoms with Crippen LogP contribution in [0.1, 0.15) is 68.9 Å². The molecule has 1 aromatic heterocycles. The van der Waals surface area contributed by atoms with Gasteiger partial charge in [-0.3, -0.25) is 4.79 Å². The summed E-state index contributed by atoms with van der Waals surface area (Å²) in [5, 5.41) is 3.25. The van der Waals surface area contributed by atoms with E-state index in [2.05, 4.69) is 22.5 Å². The van der Waals surface area contributed by atoms with Crippen molar-refractivity contribution in [2.24, 2.45) is 5.92 Å². The van der Waals surface area contributed by atoms with E-state index in [1.807, 2.05) is 30.4 Å². The Bertz CT molecular complexity index is 869. The lowest BCUT2D eigenvalue weighted by Gasteiger charge is -2.20. The molecule has 1 saturated carbocycles. The van der Waals surface area contributed by atoms with Gasteiger partial charge in [-0.25, -0.2) is 4.98 Å². The summed E-state index contributed by atoms with van der Waals surface area (Å²) >= 11 is 0. The van der Waals surface area contributed by atoms with Crippen LogP contribution in [-0.2, 0) is 11.2 Å². The Kier molecular flexibility index (Phi) is 7.17. The van der Waals surface area contributed by atoms with Crippen molar-refractivity contribution >= 4 is 17.2 Å². The molecule has 4 nitrogen and oxygen atoms in total. The number of rotatable bonds is 3. The number of allylic oxidation sites excluding steroid dienone is 8. The normalized spacial score (nSPS) is 24.9. The molecule has 0 radical (unpaired) electrons. The molecule has 0 saturated heterocycles. The number of carbonyl (C=O) groups excluding carboxylic acids is 1. The number of ether oxygens (including phenoxy) is 1. The fourth-order valence-corrected chi connectivity index (χ4v) is 4.61. The number of fused-ring (bicyclic) bond motifs is 1. The smallest absolute Gasteiger partial charge is 0.227 e. The minimum absolute atomic E-state index is 0.0881. The van der Waals surface area contributed by atoms with Gasteiger partial charge in [0.2, 0.25) is 11.8 Å². The zero-order valence-electron chi connectivity index (χ0n) is 17.7. The summed E-state index contributed by atoms with van der Waals surface area (Å²) in [5.74, 6) is 0.922. The molecule has 4 rings (SSSR count). The monoisotopic (exact) mass is 404 g/mol. The summed E-state index contributed by atoms with van der Waals surface area (Å²) in [4.78, 5) is 17.8. The number of aromatic nitrogens is 1. The molecule has 0 spiro atoms. The van der Waals surface area contributed by atoms with E-state index in [1.54, 1.807) is 6.20 Å². The van der Waals surface area contributed by atoms with Crippen molar-refractivity contribution in [3.05, 3.63) is 59.9 Å². The van der Waals surface area contributed by atoms with Crippen molar-refractivity contribution < 1.29 is 9.53 Å². The van der Waals surface area contributed by atoms with Crippen LogP contribution in [0.5, 0.6) is 5.88 Å². The van der Waals surface area contributed by atoms with Crippen molar-refractivity contribution in [3.63, 3.8) is 0 Å². The number of hydrogen-bond donors (Lipinski definition) is 1. The second-order valence-electron chi connectivity index (χ2n) is 8.42. The van der Waals surface area contributed by atoms with E-state index in [4.69, 9.17) is 4.74 Å². The third-order valence-electron chi connectivity index (χ3n) is 6.25. The van der Waals surface area contributed by atoms with Crippen LogP contribution >= 0.6 is 0 Å². The van der Waals surface area contributed by atoms with Crippen LogP contribution in [0.25, 0.3) is 5.57 Å². The van der Waals surface area contributed by atoms with Crippen LogP contribution in [0.3, 0.4) is 0 Å². The maximum absolute atomic E-state index is 13.3. The lowest BCUT2D eigenvalue weighted by molar-refractivity contribution is -0.120. The fraction of sp³-hybridized carbons (Fsp3) is 0.462. The molecule has 1 fully saturated rings. The van der Waals surface area contributed by atoms with E-state index in [0.717, 1.165) is 54.5 Å². The van der Waals surface area contributed by atoms with E-state index in [-0.39, 0.29) is 11.8 Å². The summed E-state index contributed by atoms with van der Waals surface area (Å²) in [6, 6.07) is 0. The Morgan fingerprint density at radius 1 is 0.933 bits per heavy atom. The highest BCUT2D eigenvalue weighted by Gasteiger charge is 2.25. The van der Waals surface area contributed by atoms with Crippen molar-refractivity contribution in [3.8, 4) is 5.88 Å². The second kappa shape index (κ2) is 10.4. The molecule has 0 bridgehead atoms. The van der Waals surface area contributed by atoms with Crippen molar-refractivity contribution in [1.29, 1.82) is 0 Å². The minimum atomic E-state index is 0.0881. The highest BCUT2D eigenvalue weighted by Crippen LogP contribution is 2.37. The summed E-state index contributed by atoms with van der Waals surface area (Å²) in [5.41, 5.74) is 4.01.